The molecule has 0 aliphatic rings. The Morgan fingerprint density at radius 2 is 1.63 bits per heavy atom. The molecular weight excluding hydrogens is 230 g/mol. The summed E-state index contributed by atoms with van der Waals surface area (Å²) in [6, 6.07) is 15.3. The Bertz CT molecular complexity index is 543. The van der Waals surface area contributed by atoms with Gasteiger partial charge >= 0.3 is 0 Å². The molecule has 19 heavy (non-hydrogen) atoms. The summed E-state index contributed by atoms with van der Waals surface area (Å²) in [4.78, 5) is 0. The number of benzene rings is 2. The van der Waals surface area contributed by atoms with Crippen molar-refractivity contribution in [1.82, 2.24) is 5.32 Å². The Morgan fingerprint density at radius 3 is 2.37 bits per heavy atom. The van der Waals surface area contributed by atoms with Gasteiger partial charge in [-0.2, -0.15) is 0 Å². The molecule has 0 unspecified atom stereocenters. The SMILES string of the molecule is Cc1ccc(CNCCc2ccccc2C)c(C)c1. The summed E-state index contributed by atoms with van der Waals surface area (Å²) in [5.74, 6) is 0. The topological polar surface area (TPSA) is 12.0 Å². The van der Waals surface area contributed by atoms with Crippen LogP contribution in [0, 0.1) is 20.8 Å². The first kappa shape index (κ1) is 13.8. The van der Waals surface area contributed by atoms with Crippen LogP contribution in [-0.4, -0.2) is 6.54 Å². The first-order valence-corrected chi connectivity index (χ1v) is 6.98. The monoisotopic (exact) mass is 253 g/mol. The highest BCUT2D eigenvalue weighted by Crippen LogP contribution is 2.10. The van der Waals surface area contributed by atoms with Crippen LogP contribution in [0.5, 0.6) is 0 Å². The molecule has 0 atom stereocenters. The molecule has 100 valence electrons. The van der Waals surface area contributed by atoms with E-state index < -0.39 is 0 Å². The third kappa shape index (κ3) is 3.93. The van der Waals surface area contributed by atoms with Crippen molar-refractivity contribution in [3.8, 4) is 0 Å². The van der Waals surface area contributed by atoms with E-state index in [-0.39, 0.29) is 0 Å². The second-order valence-electron chi connectivity index (χ2n) is 5.28. The summed E-state index contributed by atoms with van der Waals surface area (Å²) in [5.41, 5.74) is 6.94. The molecule has 0 saturated heterocycles. The minimum atomic E-state index is 0.956. The van der Waals surface area contributed by atoms with Crippen molar-refractivity contribution in [3.63, 3.8) is 0 Å². The Hall–Kier alpha value is -1.60. The summed E-state index contributed by atoms with van der Waals surface area (Å²) in [6.07, 6.45) is 1.09. The highest BCUT2D eigenvalue weighted by Gasteiger charge is 1.99. The van der Waals surface area contributed by atoms with Gasteiger partial charge in [0.15, 0.2) is 0 Å². The van der Waals surface area contributed by atoms with Crippen LogP contribution in [0.15, 0.2) is 42.5 Å². The predicted molar refractivity (Wildman–Crippen MR) is 82.5 cm³/mol. The fourth-order valence-corrected chi connectivity index (χ4v) is 2.38. The summed E-state index contributed by atoms with van der Waals surface area (Å²) >= 11 is 0. The predicted octanol–water partition coefficient (Wildman–Crippen LogP) is 3.94. The molecule has 0 saturated carbocycles. The van der Waals surface area contributed by atoms with E-state index in [1.807, 2.05) is 0 Å². The van der Waals surface area contributed by atoms with Gasteiger partial charge in [-0.15, -0.1) is 0 Å². The molecule has 0 aromatic heterocycles. The van der Waals surface area contributed by atoms with E-state index in [1.54, 1.807) is 0 Å². The molecule has 2 aromatic carbocycles. The Balaban J connectivity index is 1.83. The van der Waals surface area contributed by atoms with Gasteiger partial charge in [0.05, 0.1) is 0 Å². The van der Waals surface area contributed by atoms with Gasteiger partial charge in [-0.05, 0) is 56.0 Å². The van der Waals surface area contributed by atoms with Crippen LogP contribution in [0.4, 0.5) is 0 Å². The average Bonchev–Trinajstić information content (AvgIpc) is 2.38. The number of aryl methyl sites for hydroxylation is 3. The number of hydrogen-bond donors (Lipinski definition) is 1. The molecule has 0 heterocycles. The van der Waals surface area contributed by atoms with Gasteiger partial charge in [0.2, 0.25) is 0 Å². The van der Waals surface area contributed by atoms with E-state index in [1.165, 1.54) is 27.8 Å². The van der Waals surface area contributed by atoms with E-state index >= 15 is 0 Å². The van der Waals surface area contributed by atoms with Crippen LogP contribution in [0.3, 0.4) is 0 Å². The van der Waals surface area contributed by atoms with Crippen molar-refractivity contribution in [2.75, 3.05) is 6.54 Å². The van der Waals surface area contributed by atoms with Gasteiger partial charge in [-0.1, -0.05) is 48.0 Å². The van der Waals surface area contributed by atoms with Crippen LogP contribution in [-0.2, 0) is 13.0 Å². The normalized spacial score (nSPS) is 10.7. The van der Waals surface area contributed by atoms with Crippen LogP contribution in [0.25, 0.3) is 0 Å². The molecule has 0 aliphatic carbocycles. The molecule has 0 radical (unpaired) electrons. The summed E-state index contributed by atoms with van der Waals surface area (Å²) in [7, 11) is 0. The molecule has 1 nitrogen and oxygen atoms in total. The summed E-state index contributed by atoms with van der Waals surface area (Å²) in [5, 5.41) is 3.54. The zero-order chi connectivity index (χ0) is 13.7. The minimum Gasteiger partial charge on any atom is -0.312 e. The maximum absolute atomic E-state index is 3.54. The lowest BCUT2D eigenvalue weighted by Crippen LogP contribution is -2.17. The smallest absolute Gasteiger partial charge is 0.0208 e. The van der Waals surface area contributed by atoms with Crippen molar-refractivity contribution >= 4 is 0 Å². The molecule has 2 rings (SSSR count). The van der Waals surface area contributed by atoms with E-state index in [2.05, 4.69) is 68.6 Å². The largest absolute Gasteiger partial charge is 0.312 e. The van der Waals surface area contributed by atoms with E-state index in [0.29, 0.717) is 0 Å². The number of rotatable bonds is 5. The lowest BCUT2D eigenvalue weighted by molar-refractivity contribution is 0.683. The van der Waals surface area contributed by atoms with Crippen molar-refractivity contribution in [2.24, 2.45) is 0 Å². The van der Waals surface area contributed by atoms with Crippen molar-refractivity contribution in [1.29, 1.82) is 0 Å². The second kappa shape index (κ2) is 6.53. The molecule has 0 spiro atoms. The Kier molecular flexibility index (Phi) is 4.75. The fraction of sp³-hybridized carbons (Fsp3) is 0.333. The molecule has 0 fully saturated rings. The summed E-state index contributed by atoms with van der Waals surface area (Å²) < 4.78 is 0. The number of hydrogen-bond acceptors (Lipinski definition) is 1. The second-order valence-corrected chi connectivity index (χ2v) is 5.28. The third-order valence-corrected chi connectivity index (χ3v) is 3.65. The van der Waals surface area contributed by atoms with Crippen LogP contribution < -0.4 is 5.32 Å². The van der Waals surface area contributed by atoms with Crippen molar-refractivity contribution < 1.29 is 0 Å². The number of nitrogens with one attached hydrogen (secondary N) is 1. The highest BCUT2D eigenvalue weighted by molar-refractivity contribution is 5.30. The molecular formula is C18H23N. The van der Waals surface area contributed by atoms with Crippen LogP contribution >= 0.6 is 0 Å². The van der Waals surface area contributed by atoms with Crippen molar-refractivity contribution in [3.05, 3.63) is 70.3 Å². The minimum absolute atomic E-state index is 0.956. The standard InChI is InChI=1S/C18H23N/c1-14-8-9-18(16(3)12-14)13-19-11-10-17-7-5-4-6-15(17)2/h4-9,12,19H,10-11,13H2,1-3H3. The van der Waals surface area contributed by atoms with Gasteiger partial charge in [0.25, 0.3) is 0 Å². The molecule has 1 heteroatoms. The zero-order valence-corrected chi connectivity index (χ0v) is 12.2. The Labute approximate surface area is 116 Å². The van der Waals surface area contributed by atoms with E-state index in [4.69, 9.17) is 0 Å². The first-order chi connectivity index (χ1) is 9.16. The molecule has 1 N–H and O–H groups in total. The van der Waals surface area contributed by atoms with Gasteiger partial charge in [0, 0.05) is 6.54 Å². The highest BCUT2D eigenvalue weighted by atomic mass is 14.8. The maximum atomic E-state index is 3.54. The van der Waals surface area contributed by atoms with Gasteiger partial charge in [-0.3, -0.25) is 0 Å². The zero-order valence-electron chi connectivity index (χ0n) is 12.2. The molecule has 2 aromatic rings. The lowest BCUT2D eigenvalue weighted by atomic mass is 10.0. The van der Waals surface area contributed by atoms with Gasteiger partial charge < -0.3 is 5.32 Å². The van der Waals surface area contributed by atoms with E-state index in [0.717, 1.165) is 19.5 Å². The van der Waals surface area contributed by atoms with Gasteiger partial charge in [0.1, 0.15) is 0 Å². The van der Waals surface area contributed by atoms with E-state index in [9.17, 15) is 0 Å². The van der Waals surface area contributed by atoms with Crippen LogP contribution in [0.1, 0.15) is 27.8 Å². The van der Waals surface area contributed by atoms with Gasteiger partial charge in [-0.25, -0.2) is 0 Å². The lowest BCUT2D eigenvalue weighted by Gasteiger charge is -2.10. The third-order valence-electron chi connectivity index (χ3n) is 3.65. The molecule has 0 amide bonds. The van der Waals surface area contributed by atoms with Crippen molar-refractivity contribution in [2.45, 2.75) is 33.7 Å². The Morgan fingerprint density at radius 1 is 0.842 bits per heavy atom. The summed E-state index contributed by atoms with van der Waals surface area (Å²) in [6.45, 7) is 8.49. The average molecular weight is 253 g/mol. The fourth-order valence-electron chi connectivity index (χ4n) is 2.38. The maximum Gasteiger partial charge on any atom is 0.0208 e. The van der Waals surface area contributed by atoms with Crippen LogP contribution in [0.2, 0.25) is 0 Å². The first-order valence-electron chi connectivity index (χ1n) is 6.98. The molecule has 0 aliphatic heterocycles. The quantitative estimate of drug-likeness (QED) is 0.796. The molecule has 0 bridgehead atoms.